The van der Waals surface area contributed by atoms with Crippen LogP contribution in [0.25, 0.3) is 0 Å². The van der Waals surface area contributed by atoms with Crippen molar-refractivity contribution in [1.29, 1.82) is 0 Å². The molecule has 1 aromatic heterocycles. The van der Waals surface area contributed by atoms with Crippen molar-refractivity contribution in [1.82, 2.24) is 0 Å². The third kappa shape index (κ3) is 2.32. The summed E-state index contributed by atoms with van der Waals surface area (Å²) in [6.45, 7) is 0. The van der Waals surface area contributed by atoms with Crippen LogP contribution in [0, 0.1) is 0 Å². The Morgan fingerprint density at radius 2 is 2.00 bits per heavy atom. The fourth-order valence-corrected chi connectivity index (χ4v) is 3.02. The molecule has 1 aromatic carbocycles. The zero-order chi connectivity index (χ0) is 13.1. The first-order valence-corrected chi connectivity index (χ1v) is 6.64. The van der Waals surface area contributed by atoms with Crippen molar-refractivity contribution in [3.63, 3.8) is 0 Å². The molecule has 2 aromatic rings. The van der Waals surface area contributed by atoms with Crippen LogP contribution in [-0.2, 0) is 0 Å². The van der Waals surface area contributed by atoms with E-state index in [1.807, 2.05) is 29.6 Å². The lowest BCUT2D eigenvalue weighted by molar-refractivity contribution is 0.350. The van der Waals surface area contributed by atoms with E-state index in [1.165, 1.54) is 11.3 Å². The number of benzene rings is 1. The van der Waals surface area contributed by atoms with Crippen LogP contribution in [0.2, 0.25) is 5.02 Å². The average molecular weight is 284 g/mol. The molecule has 96 valence electrons. The maximum absolute atomic E-state index is 6.25. The van der Waals surface area contributed by atoms with Gasteiger partial charge in [-0.15, -0.1) is 11.3 Å². The molecule has 0 bridgehead atoms. The molecule has 0 aliphatic rings. The molecule has 1 heterocycles. The third-order valence-electron chi connectivity index (χ3n) is 2.70. The minimum Gasteiger partial charge on any atom is -0.493 e. The first kappa shape index (κ1) is 13.2. The average Bonchev–Trinajstić information content (AvgIpc) is 2.83. The number of nitrogens with two attached hydrogens (primary N) is 1. The summed E-state index contributed by atoms with van der Waals surface area (Å²) in [6, 6.07) is 7.17. The molecule has 1 unspecified atom stereocenters. The lowest BCUT2D eigenvalue weighted by Gasteiger charge is -2.17. The Morgan fingerprint density at radius 1 is 1.22 bits per heavy atom. The Balaban J connectivity index is 2.48. The molecule has 1 atom stereocenters. The number of thiophene rings is 1. The van der Waals surface area contributed by atoms with E-state index in [-0.39, 0.29) is 6.04 Å². The Morgan fingerprint density at radius 3 is 2.56 bits per heavy atom. The summed E-state index contributed by atoms with van der Waals surface area (Å²) in [4.78, 5) is 0.920. The van der Waals surface area contributed by atoms with Gasteiger partial charge in [0.05, 0.1) is 25.3 Å². The smallest absolute Gasteiger partial charge is 0.165 e. The minimum absolute atomic E-state index is 0.317. The Labute approximate surface area is 115 Å². The topological polar surface area (TPSA) is 44.5 Å². The van der Waals surface area contributed by atoms with Crippen LogP contribution in [0.4, 0.5) is 0 Å². The number of methoxy groups -OCH3 is 2. The largest absolute Gasteiger partial charge is 0.493 e. The van der Waals surface area contributed by atoms with Gasteiger partial charge in [0.1, 0.15) is 0 Å². The van der Waals surface area contributed by atoms with Crippen molar-refractivity contribution >= 4 is 22.9 Å². The predicted molar refractivity (Wildman–Crippen MR) is 74.9 cm³/mol. The molecular formula is C13H14ClNO2S. The first-order valence-electron chi connectivity index (χ1n) is 5.38. The van der Waals surface area contributed by atoms with Crippen LogP contribution in [0.1, 0.15) is 16.5 Å². The van der Waals surface area contributed by atoms with Crippen molar-refractivity contribution in [3.8, 4) is 11.5 Å². The molecule has 5 heteroatoms. The van der Waals surface area contributed by atoms with Crippen molar-refractivity contribution in [3.05, 3.63) is 45.1 Å². The third-order valence-corrected chi connectivity index (χ3v) is 4.14. The number of hydrogen-bond donors (Lipinski definition) is 1. The zero-order valence-corrected chi connectivity index (χ0v) is 11.7. The van der Waals surface area contributed by atoms with E-state index in [4.69, 9.17) is 26.8 Å². The molecule has 2 N–H and O–H groups in total. The Kier molecular flexibility index (Phi) is 4.11. The number of para-hydroxylation sites is 1. The van der Waals surface area contributed by atoms with Gasteiger partial charge in [0.2, 0.25) is 0 Å². The van der Waals surface area contributed by atoms with Gasteiger partial charge in [-0.25, -0.2) is 0 Å². The highest BCUT2D eigenvalue weighted by Gasteiger charge is 2.20. The quantitative estimate of drug-likeness (QED) is 0.934. The number of hydrogen-bond acceptors (Lipinski definition) is 4. The van der Waals surface area contributed by atoms with Gasteiger partial charge in [0, 0.05) is 10.4 Å². The summed E-state index contributed by atoms with van der Waals surface area (Å²) >= 11 is 7.64. The van der Waals surface area contributed by atoms with E-state index in [0.29, 0.717) is 16.5 Å². The minimum atomic E-state index is -0.317. The van der Waals surface area contributed by atoms with Gasteiger partial charge in [-0.3, -0.25) is 0 Å². The van der Waals surface area contributed by atoms with Crippen LogP contribution in [0.3, 0.4) is 0 Å². The van der Waals surface area contributed by atoms with Gasteiger partial charge in [0.15, 0.2) is 11.5 Å². The van der Waals surface area contributed by atoms with E-state index in [9.17, 15) is 0 Å². The van der Waals surface area contributed by atoms with Crippen LogP contribution in [0.15, 0.2) is 29.6 Å². The lowest BCUT2D eigenvalue weighted by atomic mass is 10.0. The van der Waals surface area contributed by atoms with Crippen molar-refractivity contribution in [2.24, 2.45) is 5.73 Å². The van der Waals surface area contributed by atoms with E-state index in [0.717, 1.165) is 10.4 Å². The van der Waals surface area contributed by atoms with Gasteiger partial charge in [0.25, 0.3) is 0 Å². The molecule has 0 aliphatic heterocycles. The van der Waals surface area contributed by atoms with Gasteiger partial charge >= 0.3 is 0 Å². The van der Waals surface area contributed by atoms with Crippen LogP contribution in [0.5, 0.6) is 11.5 Å². The summed E-state index contributed by atoms with van der Waals surface area (Å²) in [5.74, 6) is 1.31. The maximum Gasteiger partial charge on any atom is 0.165 e. The second-order valence-corrected chi connectivity index (χ2v) is 5.05. The van der Waals surface area contributed by atoms with E-state index in [2.05, 4.69) is 0 Å². The van der Waals surface area contributed by atoms with Gasteiger partial charge in [-0.2, -0.15) is 0 Å². The molecule has 2 rings (SSSR count). The maximum atomic E-state index is 6.25. The summed E-state index contributed by atoms with van der Waals surface area (Å²) in [5.41, 5.74) is 7.11. The molecule has 0 saturated heterocycles. The second-order valence-electron chi connectivity index (χ2n) is 3.69. The summed E-state index contributed by atoms with van der Waals surface area (Å²) in [5, 5.41) is 2.60. The number of halogens is 1. The molecule has 0 aliphatic carbocycles. The van der Waals surface area contributed by atoms with Crippen LogP contribution < -0.4 is 15.2 Å². The fourth-order valence-electron chi connectivity index (χ4n) is 1.83. The fraction of sp³-hybridized carbons (Fsp3) is 0.231. The van der Waals surface area contributed by atoms with E-state index < -0.39 is 0 Å². The summed E-state index contributed by atoms with van der Waals surface area (Å²) in [6.07, 6.45) is 0. The van der Waals surface area contributed by atoms with Gasteiger partial charge < -0.3 is 15.2 Å². The molecule has 0 amide bonds. The molecular weight excluding hydrogens is 270 g/mol. The highest BCUT2D eigenvalue weighted by molar-refractivity contribution is 7.10. The van der Waals surface area contributed by atoms with Crippen molar-refractivity contribution in [2.45, 2.75) is 6.04 Å². The summed E-state index contributed by atoms with van der Waals surface area (Å²) in [7, 11) is 3.20. The van der Waals surface area contributed by atoms with Crippen molar-refractivity contribution < 1.29 is 9.47 Å². The Bertz CT molecular complexity index is 542. The van der Waals surface area contributed by atoms with E-state index in [1.54, 1.807) is 14.2 Å². The highest BCUT2D eigenvalue weighted by Crippen LogP contribution is 2.39. The van der Waals surface area contributed by atoms with Gasteiger partial charge in [-0.1, -0.05) is 23.7 Å². The SMILES string of the molecule is COc1cccc(C(N)c2sccc2Cl)c1OC. The molecule has 18 heavy (non-hydrogen) atoms. The highest BCUT2D eigenvalue weighted by atomic mass is 35.5. The molecule has 3 nitrogen and oxygen atoms in total. The molecule has 0 saturated carbocycles. The van der Waals surface area contributed by atoms with Crippen molar-refractivity contribution in [2.75, 3.05) is 14.2 Å². The summed E-state index contributed by atoms with van der Waals surface area (Å²) < 4.78 is 10.6. The monoisotopic (exact) mass is 283 g/mol. The standard InChI is InChI=1S/C13H14ClNO2S/c1-16-10-5-3-4-8(12(10)17-2)11(15)13-9(14)6-7-18-13/h3-7,11H,15H2,1-2H3. The number of ether oxygens (including phenoxy) is 2. The number of rotatable bonds is 4. The van der Waals surface area contributed by atoms with Crippen LogP contribution >= 0.6 is 22.9 Å². The van der Waals surface area contributed by atoms with Crippen LogP contribution in [-0.4, -0.2) is 14.2 Å². The molecule has 0 spiro atoms. The zero-order valence-electron chi connectivity index (χ0n) is 10.1. The molecule has 0 radical (unpaired) electrons. The Hall–Kier alpha value is -1.23. The second kappa shape index (κ2) is 5.61. The van der Waals surface area contributed by atoms with Gasteiger partial charge in [-0.05, 0) is 17.5 Å². The lowest BCUT2D eigenvalue weighted by Crippen LogP contribution is -2.12. The first-order chi connectivity index (χ1) is 8.69. The van der Waals surface area contributed by atoms with E-state index >= 15 is 0 Å². The predicted octanol–water partition coefficient (Wildman–Crippen LogP) is 3.47. The normalized spacial score (nSPS) is 12.2. The molecule has 0 fully saturated rings.